The van der Waals surface area contributed by atoms with Crippen LogP contribution in [0.1, 0.15) is 5.56 Å². The van der Waals surface area contributed by atoms with Crippen molar-refractivity contribution in [3.63, 3.8) is 0 Å². The van der Waals surface area contributed by atoms with Gasteiger partial charge in [0.05, 0.1) is 19.7 Å². The summed E-state index contributed by atoms with van der Waals surface area (Å²) < 4.78 is 16.7. The lowest BCUT2D eigenvalue weighted by molar-refractivity contribution is 0.356. The third-order valence-electron chi connectivity index (χ3n) is 4.58. The van der Waals surface area contributed by atoms with Gasteiger partial charge in [0.15, 0.2) is 11.5 Å². The average Bonchev–Trinajstić information content (AvgIpc) is 2.76. The fraction of sp³-hybridized carbons (Fsp3) is 0.130. The highest BCUT2D eigenvalue weighted by Crippen LogP contribution is 2.34. The van der Waals surface area contributed by atoms with Crippen LogP contribution in [0.15, 0.2) is 67.0 Å². The van der Waals surface area contributed by atoms with E-state index in [1.807, 2.05) is 67.6 Å². The van der Waals surface area contributed by atoms with Crippen LogP contribution in [0.2, 0.25) is 0 Å². The van der Waals surface area contributed by atoms with Crippen molar-refractivity contribution in [2.24, 2.45) is 0 Å². The van der Waals surface area contributed by atoms with E-state index in [2.05, 4.69) is 15.3 Å². The summed E-state index contributed by atoms with van der Waals surface area (Å²) in [4.78, 5) is 8.72. The third-order valence-corrected chi connectivity index (χ3v) is 4.58. The number of benzene rings is 3. The Morgan fingerprint density at radius 3 is 2.24 bits per heavy atom. The van der Waals surface area contributed by atoms with Gasteiger partial charge in [-0.05, 0) is 48.9 Å². The highest BCUT2D eigenvalue weighted by Gasteiger charge is 2.11. The molecule has 146 valence electrons. The summed E-state index contributed by atoms with van der Waals surface area (Å²) in [5, 5.41) is 4.17. The Morgan fingerprint density at radius 2 is 1.52 bits per heavy atom. The van der Waals surface area contributed by atoms with E-state index in [4.69, 9.17) is 14.2 Å². The van der Waals surface area contributed by atoms with Gasteiger partial charge >= 0.3 is 0 Å². The highest BCUT2D eigenvalue weighted by atomic mass is 16.5. The van der Waals surface area contributed by atoms with Gasteiger partial charge in [-0.2, -0.15) is 0 Å². The normalized spacial score (nSPS) is 10.6. The molecule has 4 rings (SSSR count). The molecule has 0 saturated carbocycles. The number of rotatable bonds is 6. The Bertz CT molecular complexity index is 1140. The van der Waals surface area contributed by atoms with Gasteiger partial charge in [0, 0.05) is 17.1 Å². The summed E-state index contributed by atoms with van der Waals surface area (Å²) in [6.45, 7) is 2.02. The second kappa shape index (κ2) is 8.06. The van der Waals surface area contributed by atoms with Crippen LogP contribution >= 0.6 is 0 Å². The first-order valence-corrected chi connectivity index (χ1v) is 9.15. The predicted molar refractivity (Wildman–Crippen MR) is 114 cm³/mol. The van der Waals surface area contributed by atoms with E-state index in [1.54, 1.807) is 14.2 Å². The van der Waals surface area contributed by atoms with Crippen LogP contribution in [0.4, 0.5) is 11.5 Å². The number of nitrogens with zero attached hydrogens (tertiary/aromatic N) is 2. The summed E-state index contributed by atoms with van der Waals surface area (Å²) in [5.41, 5.74) is 2.74. The van der Waals surface area contributed by atoms with Crippen molar-refractivity contribution < 1.29 is 14.2 Å². The molecule has 0 aliphatic carbocycles. The number of methoxy groups -OCH3 is 2. The second-order valence-corrected chi connectivity index (χ2v) is 6.46. The zero-order chi connectivity index (χ0) is 20.2. The van der Waals surface area contributed by atoms with Crippen LogP contribution < -0.4 is 19.5 Å². The van der Waals surface area contributed by atoms with E-state index in [0.717, 1.165) is 33.7 Å². The number of hydrogen-bond acceptors (Lipinski definition) is 6. The summed E-state index contributed by atoms with van der Waals surface area (Å²) in [7, 11) is 3.21. The summed E-state index contributed by atoms with van der Waals surface area (Å²) in [5.74, 6) is 3.55. The van der Waals surface area contributed by atoms with Crippen molar-refractivity contribution in [2.75, 3.05) is 19.5 Å². The van der Waals surface area contributed by atoms with Crippen LogP contribution in [-0.4, -0.2) is 24.2 Å². The molecule has 6 nitrogen and oxygen atoms in total. The molecule has 1 aromatic heterocycles. The molecule has 29 heavy (non-hydrogen) atoms. The molecule has 0 bridgehead atoms. The van der Waals surface area contributed by atoms with Crippen LogP contribution in [0, 0.1) is 6.92 Å². The standard InChI is InChI=1S/C23H21N3O3/c1-15-6-4-5-7-20(15)29-17-10-8-16(9-11-17)26-23-18-12-21(27-2)22(28-3)13-19(18)24-14-25-23/h4-14H,1-3H3,(H,24,25,26). The van der Waals surface area contributed by atoms with Gasteiger partial charge < -0.3 is 19.5 Å². The number of nitrogens with one attached hydrogen (secondary N) is 1. The quantitative estimate of drug-likeness (QED) is 0.472. The van der Waals surface area contributed by atoms with E-state index < -0.39 is 0 Å². The second-order valence-electron chi connectivity index (χ2n) is 6.46. The number of anilines is 2. The van der Waals surface area contributed by atoms with Gasteiger partial charge in [-0.15, -0.1) is 0 Å². The third kappa shape index (κ3) is 3.91. The van der Waals surface area contributed by atoms with Crippen molar-refractivity contribution in [1.82, 2.24) is 9.97 Å². The molecule has 0 amide bonds. The average molecular weight is 387 g/mol. The first kappa shape index (κ1) is 18.6. The Hall–Kier alpha value is -3.80. The summed E-state index contributed by atoms with van der Waals surface area (Å²) in [6, 6.07) is 19.4. The largest absolute Gasteiger partial charge is 0.493 e. The van der Waals surface area contributed by atoms with Gasteiger partial charge in [0.2, 0.25) is 0 Å². The van der Waals surface area contributed by atoms with Crippen molar-refractivity contribution >= 4 is 22.4 Å². The monoisotopic (exact) mass is 387 g/mol. The number of hydrogen-bond donors (Lipinski definition) is 1. The zero-order valence-electron chi connectivity index (χ0n) is 16.5. The topological polar surface area (TPSA) is 65.5 Å². The van der Waals surface area contributed by atoms with Crippen LogP contribution in [0.5, 0.6) is 23.0 Å². The fourth-order valence-electron chi connectivity index (χ4n) is 3.02. The van der Waals surface area contributed by atoms with Crippen molar-refractivity contribution in [2.45, 2.75) is 6.92 Å². The molecule has 3 aromatic carbocycles. The lowest BCUT2D eigenvalue weighted by Gasteiger charge is -2.13. The molecule has 0 fully saturated rings. The van der Waals surface area contributed by atoms with E-state index in [0.29, 0.717) is 17.3 Å². The first-order chi connectivity index (χ1) is 14.2. The molecule has 0 unspecified atom stereocenters. The van der Waals surface area contributed by atoms with Crippen molar-refractivity contribution in [3.05, 3.63) is 72.6 Å². The molecule has 1 heterocycles. The molecule has 0 aliphatic rings. The first-order valence-electron chi connectivity index (χ1n) is 9.15. The lowest BCUT2D eigenvalue weighted by atomic mass is 10.2. The number of aryl methyl sites for hydroxylation is 1. The lowest BCUT2D eigenvalue weighted by Crippen LogP contribution is -1.98. The van der Waals surface area contributed by atoms with Crippen molar-refractivity contribution in [1.29, 1.82) is 0 Å². The molecular weight excluding hydrogens is 366 g/mol. The molecule has 0 aliphatic heterocycles. The zero-order valence-corrected chi connectivity index (χ0v) is 16.5. The molecular formula is C23H21N3O3. The predicted octanol–water partition coefficient (Wildman–Crippen LogP) is 5.49. The van der Waals surface area contributed by atoms with Gasteiger partial charge in [0.25, 0.3) is 0 Å². The molecule has 0 saturated heterocycles. The molecule has 1 N–H and O–H groups in total. The summed E-state index contributed by atoms with van der Waals surface area (Å²) in [6.07, 6.45) is 1.52. The highest BCUT2D eigenvalue weighted by molar-refractivity contribution is 5.93. The summed E-state index contributed by atoms with van der Waals surface area (Å²) >= 11 is 0. The SMILES string of the molecule is COc1cc2ncnc(Nc3ccc(Oc4ccccc4C)cc3)c2cc1OC. The van der Waals surface area contributed by atoms with E-state index in [9.17, 15) is 0 Å². The molecule has 0 atom stereocenters. The minimum atomic E-state index is 0.625. The van der Waals surface area contributed by atoms with Crippen LogP contribution in [-0.2, 0) is 0 Å². The minimum Gasteiger partial charge on any atom is -0.493 e. The molecule has 4 aromatic rings. The number of para-hydroxylation sites is 1. The van der Waals surface area contributed by atoms with Crippen molar-refractivity contribution in [3.8, 4) is 23.0 Å². The fourth-order valence-corrected chi connectivity index (χ4v) is 3.02. The Balaban J connectivity index is 1.59. The van der Waals surface area contributed by atoms with E-state index >= 15 is 0 Å². The van der Waals surface area contributed by atoms with Gasteiger partial charge in [0.1, 0.15) is 23.6 Å². The van der Waals surface area contributed by atoms with Gasteiger partial charge in [-0.3, -0.25) is 0 Å². The number of aromatic nitrogens is 2. The Labute approximate surface area is 169 Å². The Morgan fingerprint density at radius 1 is 0.793 bits per heavy atom. The maximum absolute atomic E-state index is 5.96. The van der Waals surface area contributed by atoms with Crippen LogP contribution in [0.3, 0.4) is 0 Å². The van der Waals surface area contributed by atoms with E-state index in [1.165, 1.54) is 6.33 Å². The Kier molecular flexibility index (Phi) is 5.16. The number of ether oxygens (including phenoxy) is 3. The van der Waals surface area contributed by atoms with Gasteiger partial charge in [-0.1, -0.05) is 18.2 Å². The maximum atomic E-state index is 5.96. The van der Waals surface area contributed by atoms with Crippen LogP contribution in [0.25, 0.3) is 10.9 Å². The molecule has 6 heteroatoms. The molecule has 0 radical (unpaired) electrons. The van der Waals surface area contributed by atoms with Gasteiger partial charge in [-0.25, -0.2) is 9.97 Å². The smallest absolute Gasteiger partial charge is 0.162 e. The minimum absolute atomic E-state index is 0.625. The molecule has 0 spiro atoms. The van der Waals surface area contributed by atoms with E-state index in [-0.39, 0.29) is 0 Å². The maximum Gasteiger partial charge on any atom is 0.162 e. The number of fused-ring (bicyclic) bond motifs is 1.